The lowest BCUT2D eigenvalue weighted by atomic mass is 10.1. The van der Waals surface area contributed by atoms with Gasteiger partial charge in [0.05, 0.1) is 15.9 Å². The van der Waals surface area contributed by atoms with Gasteiger partial charge in [-0.15, -0.1) is 0 Å². The van der Waals surface area contributed by atoms with Gasteiger partial charge >= 0.3 is 0 Å². The molecule has 0 N–H and O–H groups in total. The zero-order chi connectivity index (χ0) is 11.0. The molecule has 0 bridgehead atoms. The van der Waals surface area contributed by atoms with Gasteiger partial charge in [-0.1, -0.05) is 13.8 Å². The van der Waals surface area contributed by atoms with Gasteiger partial charge in [0.15, 0.2) is 0 Å². The van der Waals surface area contributed by atoms with E-state index in [1.807, 2.05) is 23.7 Å². The van der Waals surface area contributed by atoms with Gasteiger partial charge in [0.2, 0.25) is 5.78 Å². The van der Waals surface area contributed by atoms with Gasteiger partial charge in [-0.05, 0) is 35.2 Å². The molecule has 0 saturated carbocycles. The molecule has 0 saturated heterocycles. The maximum atomic E-state index is 4.49. The van der Waals surface area contributed by atoms with Crippen molar-refractivity contribution in [1.82, 2.24) is 14.4 Å². The molecule has 0 atom stereocenters. The van der Waals surface area contributed by atoms with Crippen LogP contribution in [0.2, 0.25) is 0 Å². The normalized spacial score (nSPS) is 11.5. The maximum absolute atomic E-state index is 4.49. The fourth-order valence-corrected chi connectivity index (χ4v) is 1.86. The minimum absolute atomic E-state index is 0.624. The summed E-state index contributed by atoms with van der Waals surface area (Å²) in [4.78, 5) is 8.89. The van der Waals surface area contributed by atoms with Crippen LogP contribution in [0.4, 0.5) is 0 Å². The zero-order valence-electron chi connectivity index (χ0n) is 9.16. The number of fused-ring (bicyclic) bond motifs is 1. The average Bonchev–Trinajstić information content (AvgIpc) is 2.46. The Morgan fingerprint density at radius 2 is 2.07 bits per heavy atom. The van der Waals surface area contributed by atoms with E-state index in [1.54, 1.807) is 0 Å². The van der Waals surface area contributed by atoms with E-state index in [4.69, 9.17) is 0 Å². The lowest BCUT2D eigenvalue weighted by molar-refractivity contribution is 0.638. The standard InChI is InChI=1S/C11H14BrN3/c1-7(2)4-9-5-15-6-10(12)8(3)13-11(15)14-9/h5-7H,4H2,1-3H3. The maximum Gasteiger partial charge on any atom is 0.234 e. The average molecular weight is 268 g/mol. The fourth-order valence-electron chi connectivity index (χ4n) is 1.55. The molecule has 0 radical (unpaired) electrons. The number of nitrogens with zero attached hydrogens (tertiary/aromatic N) is 3. The van der Waals surface area contributed by atoms with Crippen molar-refractivity contribution >= 4 is 21.7 Å². The van der Waals surface area contributed by atoms with E-state index < -0.39 is 0 Å². The van der Waals surface area contributed by atoms with Crippen LogP contribution in [-0.4, -0.2) is 14.4 Å². The number of imidazole rings is 1. The van der Waals surface area contributed by atoms with Gasteiger partial charge in [0.1, 0.15) is 0 Å². The topological polar surface area (TPSA) is 30.2 Å². The number of halogens is 1. The summed E-state index contributed by atoms with van der Waals surface area (Å²) >= 11 is 3.47. The Labute approximate surface area is 97.7 Å². The summed E-state index contributed by atoms with van der Waals surface area (Å²) in [5.74, 6) is 1.41. The van der Waals surface area contributed by atoms with Crippen molar-refractivity contribution in [1.29, 1.82) is 0 Å². The summed E-state index contributed by atoms with van der Waals surface area (Å²) in [6.07, 6.45) is 5.06. The van der Waals surface area contributed by atoms with Gasteiger partial charge in [0.25, 0.3) is 0 Å². The first-order valence-electron chi connectivity index (χ1n) is 5.07. The molecule has 80 valence electrons. The number of aryl methyl sites for hydroxylation is 1. The second-order valence-electron chi connectivity index (χ2n) is 4.21. The first-order chi connectivity index (χ1) is 7.06. The van der Waals surface area contributed by atoms with Gasteiger partial charge in [-0.25, -0.2) is 9.97 Å². The highest BCUT2D eigenvalue weighted by Crippen LogP contribution is 2.16. The molecular formula is C11H14BrN3. The zero-order valence-corrected chi connectivity index (χ0v) is 10.7. The Morgan fingerprint density at radius 3 is 2.73 bits per heavy atom. The summed E-state index contributed by atoms with van der Waals surface area (Å²) < 4.78 is 2.98. The minimum atomic E-state index is 0.624. The van der Waals surface area contributed by atoms with Crippen LogP contribution < -0.4 is 0 Å². The van der Waals surface area contributed by atoms with Crippen LogP contribution in [0.3, 0.4) is 0 Å². The molecular weight excluding hydrogens is 254 g/mol. The van der Waals surface area contributed by atoms with Crippen LogP contribution in [0.5, 0.6) is 0 Å². The molecule has 0 spiro atoms. The largest absolute Gasteiger partial charge is 0.290 e. The molecule has 0 aliphatic rings. The summed E-state index contributed by atoms with van der Waals surface area (Å²) in [7, 11) is 0. The SMILES string of the molecule is Cc1nc2nc(CC(C)C)cn2cc1Br. The molecule has 0 fully saturated rings. The van der Waals surface area contributed by atoms with Crippen molar-refractivity contribution in [3.63, 3.8) is 0 Å². The Hall–Kier alpha value is -0.900. The van der Waals surface area contributed by atoms with Crippen LogP contribution in [0, 0.1) is 12.8 Å². The second kappa shape index (κ2) is 3.93. The van der Waals surface area contributed by atoms with Crippen molar-refractivity contribution in [3.05, 3.63) is 28.3 Å². The van der Waals surface area contributed by atoms with Crippen LogP contribution in [0.25, 0.3) is 5.78 Å². The number of hydrogen-bond acceptors (Lipinski definition) is 2. The van der Waals surface area contributed by atoms with Crippen LogP contribution in [0.15, 0.2) is 16.9 Å². The third kappa shape index (κ3) is 2.20. The minimum Gasteiger partial charge on any atom is -0.290 e. The quantitative estimate of drug-likeness (QED) is 0.838. The van der Waals surface area contributed by atoms with E-state index in [0.717, 1.165) is 28.1 Å². The first-order valence-corrected chi connectivity index (χ1v) is 5.86. The Kier molecular flexibility index (Phi) is 2.78. The van der Waals surface area contributed by atoms with Gasteiger partial charge in [0, 0.05) is 12.4 Å². The lowest BCUT2D eigenvalue weighted by Gasteiger charge is -1.97. The van der Waals surface area contributed by atoms with Crippen molar-refractivity contribution in [2.45, 2.75) is 27.2 Å². The highest BCUT2D eigenvalue weighted by Gasteiger charge is 2.06. The first kappa shape index (κ1) is 10.6. The molecule has 2 rings (SSSR count). The van der Waals surface area contributed by atoms with E-state index >= 15 is 0 Å². The van der Waals surface area contributed by atoms with E-state index in [0.29, 0.717) is 5.92 Å². The summed E-state index contributed by atoms with van der Waals surface area (Å²) in [6.45, 7) is 6.36. The molecule has 3 nitrogen and oxygen atoms in total. The van der Waals surface area contributed by atoms with Gasteiger partial charge in [-0.2, -0.15) is 0 Å². The van der Waals surface area contributed by atoms with Crippen molar-refractivity contribution in [2.75, 3.05) is 0 Å². The van der Waals surface area contributed by atoms with E-state index in [2.05, 4.69) is 39.7 Å². The summed E-state index contributed by atoms with van der Waals surface area (Å²) in [5, 5.41) is 0. The molecule has 2 aromatic heterocycles. The van der Waals surface area contributed by atoms with Crippen molar-refractivity contribution in [3.8, 4) is 0 Å². The fraction of sp³-hybridized carbons (Fsp3) is 0.455. The van der Waals surface area contributed by atoms with E-state index in [9.17, 15) is 0 Å². The van der Waals surface area contributed by atoms with Crippen LogP contribution in [-0.2, 0) is 6.42 Å². The highest BCUT2D eigenvalue weighted by molar-refractivity contribution is 9.10. The van der Waals surface area contributed by atoms with E-state index in [-0.39, 0.29) is 0 Å². The van der Waals surface area contributed by atoms with E-state index in [1.165, 1.54) is 0 Å². The van der Waals surface area contributed by atoms with Gasteiger partial charge < -0.3 is 0 Å². The number of rotatable bonds is 2. The Balaban J connectivity index is 2.47. The lowest BCUT2D eigenvalue weighted by Crippen LogP contribution is -1.93. The number of hydrogen-bond donors (Lipinski definition) is 0. The molecule has 0 unspecified atom stereocenters. The smallest absolute Gasteiger partial charge is 0.234 e. The molecule has 2 aromatic rings. The molecule has 15 heavy (non-hydrogen) atoms. The highest BCUT2D eigenvalue weighted by atomic mass is 79.9. The molecule has 4 heteroatoms. The third-order valence-corrected chi connectivity index (χ3v) is 3.02. The Bertz CT molecular complexity index is 449. The molecule has 0 aromatic carbocycles. The number of aromatic nitrogens is 3. The van der Waals surface area contributed by atoms with Crippen LogP contribution >= 0.6 is 15.9 Å². The predicted molar refractivity (Wildman–Crippen MR) is 64.0 cm³/mol. The second-order valence-corrected chi connectivity index (χ2v) is 5.07. The van der Waals surface area contributed by atoms with Crippen LogP contribution in [0.1, 0.15) is 25.2 Å². The monoisotopic (exact) mass is 267 g/mol. The summed E-state index contributed by atoms with van der Waals surface area (Å²) in [5.41, 5.74) is 2.08. The van der Waals surface area contributed by atoms with Crippen molar-refractivity contribution < 1.29 is 0 Å². The van der Waals surface area contributed by atoms with Crippen molar-refractivity contribution in [2.24, 2.45) is 5.92 Å². The third-order valence-electron chi connectivity index (χ3n) is 2.25. The predicted octanol–water partition coefficient (Wildman–Crippen LogP) is 3.00. The van der Waals surface area contributed by atoms with Gasteiger partial charge in [-0.3, -0.25) is 4.40 Å². The molecule has 0 amide bonds. The summed E-state index contributed by atoms with van der Waals surface area (Å²) in [6, 6.07) is 0. The Morgan fingerprint density at radius 1 is 1.33 bits per heavy atom. The molecule has 2 heterocycles. The molecule has 0 aliphatic heterocycles. The molecule has 0 aliphatic carbocycles.